The van der Waals surface area contributed by atoms with Gasteiger partial charge < -0.3 is 9.47 Å². The Kier molecular flexibility index (Phi) is 5.27. The summed E-state index contributed by atoms with van der Waals surface area (Å²) in [6.45, 7) is 12.9. The summed E-state index contributed by atoms with van der Waals surface area (Å²) in [4.78, 5) is 0. The third kappa shape index (κ3) is 5.30. The Hall–Kier alpha value is -1.96. The summed E-state index contributed by atoms with van der Waals surface area (Å²) in [5.74, 6) is 1.83. The number of rotatable bonds is 4. The number of hydrogen-bond donors (Lipinski definition) is 0. The Balaban J connectivity index is 2.21. The van der Waals surface area contributed by atoms with Gasteiger partial charge in [0.1, 0.15) is 17.1 Å². The van der Waals surface area contributed by atoms with Crippen LogP contribution in [0.15, 0.2) is 42.5 Å². The molecule has 2 nitrogen and oxygen atoms in total. The van der Waals surface area contributed by atoms with Crippen LogP contribution >= 0.6 is 0 Å². The maximum atomic E-state index is 5.89. The van der Waals surface area contributed by atoms with Crippen molar-refractivity contribution >= 4 is 0 Å². The number of methoxy groups -OCH3 is 1. The second-order valence-corrected chi connectivity index (χ2v) is 8.35. The molecule has 0 saturated carbocycles. The van der Waals surface area contributed by atoms with Crippen LogP contribution in [0.3, 0.4) is 0 Å². The first-order valence-electron chi connectivity index (χ1n) is 8.53. The number of benzene rings is 2. The van der Waals surface area contributed by atoms with Gasteiger partial charge in [0.05, 0.1) is 7.11 Å². The zero-order valence-electron chi connectivity index (χ0n) is 16.1. The minimum atomic E-state index is -0.171. The Bertz CT molecular complexity index is 671. The van der Waals surface area contributed by atoms with Crippen LogP contribution in [0, 0.1) is 0 Å². The lowest BCUT2D eigenvalue weighted by molar-refractivity contribution is 0.131. The lowest BCUT2D eigenvalue weighted by Crippen LogP contribution is -2.22. The van der Waals surface area contributed by atoms with E-state index in [1.807, 2.05) is 12.1 Å². The van der Waals surface area contributed by atoms with E-state index < -0.39 is 0 Å². The van der Waals surface area contributed by atoms with Crippen LogP contribution in [0.25, 0.3) is 0 Å². The topological polar surface area (TPSA) is 18.5 Å². The van der Waals surface area contributed by atoms with Crippen molar-refractivity contribution in [3.05, 3.63) is 59.2 Å². The summed E-state index contributed by atoms with van der Waals surface area (Å²) in [5, 5.41) is 0. The van der Waals surface area contributed by atoms with Gasteiger partial charge in [-0.3, -0.25) is 0 Å². The van der Waals surface area contributed by atoms with Crippen LogP contribution in [0.2, 0.25) is 0 Å². The van der Waals surface area contributed by atoms with Crippen LogP contribution in [0.4, 0.5) is 0 Å². The van der Waals surface area contributed by atoms with E-state index in [9.17, 15) is 0 Å². The van der Waals surface area contributed by atoms with E-state index in [-0.39, 0.29) is 11.0 Å². The highest BCUT2D eigenvalue weighted by molar-refractivity contribution is 5.40. The van der Waals surface area contributed by atoms with Gasteiger partial charge in [0.15, 0.2) is 0 Å². The minimum absolute atomic E-state index is 0.105. The van der Waals surface area contributed by atoms with Crippen LogP contribution in [0.1, 0.15) is 58.2 Å². The zero-order valence-corrected chi connectivity index (χ0v) is 16.1. The highest BCUT2D eigenvalue weighted by Crippen LogP contribution is 2.29. The Morgan fingerprint density at radius 1 is 0.750 bits per heavy atom. The first-order chi connectivity index (χ1) is 11.1. The Morgan fingerprint density at radius 3 is 1.88 bits per heavy atom. The van der Waals surface area contributed by atoms with E-state index in [0.717, 1.165) is 17.9 Å². The molecule has 0 N–H and O–H groups in total. The van der Waals surface area contributed by atoms with Gasteiger partial charge >= 0.3 is 0 Å². The second kappa shape index (κ2) is 6.88. The molecule has 2 rings (SSSR count). The highest BCUT2D eigenvalue weighted by Gasteiger charge is 2.16. The maximum Gasteiger partial charge on any atom is 0.120 e. The molecular formula is C22H30O2. The third-order valence-electron chi connectivity index (χ3n) is 3.82. The lowest BCUT2D eigenvalue weighted by Gasteiger charge is -2.22. The summed E-state index contributed by atoms with van der Waals surface area (Å²) >= 11 is 0. The molecule has 2 aromatic carbocycles. The predicted octanol–water partition coefficient (Wildman–Crippen LogP) is 5.76. The van der Waals surface area contributed by atoms with Crippen molar-refractivity contribution in [3.8, 4) is 11.5 Å². The van der Waals surface area contributed by atoms with Gasteiger partial charge in [-0.2, -0.15) is 0 Å². The van der Waals surface area contributed by atoms with Crippen molar-refractivity contribution in [1.29, 1.82) is 0 Å². The molecule has 0 bridgehead atoms. The van der Waals surface area contributed by atoms with E-state index in [2.05, 4.69) is 71.9 Å². The summed E-state index contributed by atoms with van der Waals surface area (Å²) in [6, 6.07) is 14.9. The fourth-order valence-corrected chi connectivity index (χ4v) is 2.58. The summed E-state index contributed by atoms with van der Waals surface area (Å²) in [5.41, 5.74) is 3.77. The van der Waals surface area contributed by atoms with E-state index in [0.29, 0.717) is 0 Å². The summed E-state index contributed by atoms with van der Waals surface area (Å²) in [6.07, 6.45) is 0.885. The molecule has 0 atom stereocenters. The molecule has 0 unspecified atom stereocenters. The molecule has 130 valence electrons. The summed E-state index contributed by atoms with van der Waals surface area (Å²) < 4.78 is 11.4. The van der Waals surface area contributed by atoms with E-state index in [4.69, 9.17) is 9.47 Å². The van der Waals surface area contributed by atoms with Crippen molar-refractivity contribution in [2.24, 2.45) is 0 Å². The van der Waals surface area contributed by atoms with Gasteiger partial charge in [0, 0.05) is 0 Å². The van der Waals surface area contributed by atoms with Gasteiger partial charge in [0.25, 0.3) is 0 Å². The first kappa shape index (κ1) is 18.4. The van der Waals surface area contributed by atoms with Gasteiger partial charge in [-0.15, -0.1) is 0 Å². The van der Waals surface area contributed by atoms with Crippen LogP contribution < -0.4 is 9.47 Å². The average Bonchev–Trinajstić information content (AvgIpc) is 2.46. The molecular weight excluding hydrogens is 296 g/mol. The molecule has 0 heterocycles. The predicted molar refractivity (Wildman–Crippen MR) is 101 cm³/mol. The fourth-order valence-electron chi connectivity index (χ4n) is 2.58. The zero-order chi connectivity index (χ0) is 18.0. The summed E-state index contributed by atoms with van der Waals surface area (Å²) in [7, 11) is 1.73. The SMILES string of the molecule is COc1cc(Cc2ccc(OC(C)(C)C)cc2)cc(C(C)(C)C)c1. The average molecular weight is 326 g/mol. The normalized spacial score (nSPS) is 12.1. The fraction of sp³-hybridized carbons (Fsp3) is 0.455. The number of ether oxygens (including phenoxy) is 2. The van der Waals surface area contributed by atoms with Gasteiger partial charge in [-0.1, -0.05) is 39.0 Å². The molecule has 2 heteroatoms. The standard InChI is InChI=1S/C22H30O2/c1-21(2,3)18-13-17(14-20(15-18)23-7)12-16-8-10-19(11-9-16)24-22(4,5)6/h8-11,13-15H,12H2,1-7H3. The first-order valence-corrected chi connectivity index (χ1v) is 8.53. The molecule has 0 amide bonds. The smallest absolute Gasteiger partial charge is 0.120 e. The van der Waals surface area contributed by atoms with Gasteiger partial charge in [-0.05, 0) is 73.6 Å². The lowest BCUT2D eigenvalue weighted by atomic mass is 9.85. The van der Waals surface area contributed by atoms with Crippen molar-refractivity contribution in [2.45, 2.75) is 59.0 Å². The van der Waals surface area contributed by atoms with E-state index in [1.165, 1.54) is 16.7 Å². The molecule has 0 fully saturated rings. The van der Waals surface area contributed by atoms with Crippen molar-refractivity contribution in [2.75, 3.05) is 7.11 Å². The highest BCUT2D eigenvalue weighted by atomic mass is 16.5. The van der Waals surface area contributed by atoms with E-state index >= 15 is 0 Å². The Morgan fingerprint density at radius 2 is 1.38 bits per heavy atom. The van der Waals surface area contributed by atoms with Gasteiger partial charge in [-0.25, -0.2) is 0 Å². The second-order valence-electron chi connectivity index (χ2n) is 8.35. The monoisotopic (exact) mass is 326 g/mol. The molecule has 24 heavy (non-hydrogen) atoms. The Labute approximate surface area is 146 Å². The van der Waals surface area contributed by atoms with Crippen LogP contribution in [-0.2, 0) is 11.8 Å². The largest absolute Gasteiger partial charge is 0.497 e. The minimum Gasteiger partial charge on any atom is -0.497 e. The van der Waals surface area contributed by atoms with Crippen LogP contribution in [0.5, 0.6) is 11.5 Å². The van der Waals surface area contributed by atoms with Crippen LogP contribution in [-0.4, -0.2) is 12.7 Å². The molecule has 0 aliphatic rings. The molecule has 0 radical (unpaired) electrons. The van der Waals surface area contributed by atoms with E-state index in [1.54, 1.807) is 7.11 Å². The van der Waals surface area contributed by atoms with Crippen molar-refractivity contribution < 1.29 is 9.47 Å². The third-order valence-corrected chi connectivity index (χ3v) is 3.82. The quantitative estimate of drug-likeness (QED) is 0.711. The molecule has 0 aliphatic carbocycles. The molecule has 0 saturated heterocycles. The van der Waals surface area contributed by atoms with Crippen molar-refractivity contribution in [1.82, 2.24) is 0 Å². The van der Waals surface area contributed by atoms with Gasteiger partial charge in [0.2, 0.25) is 0 Å². The molecule has 0 aliphatic heterocycles. The maximum absolute atomic E-state index is 5.89. The molecule has 2 aromatic rings. The van der Waals surface area contributed by atoms with Crippen molar-refractivity contribution in [3.63, 3.8) is 0 Å². The molecule has 0 aromatic heterocycles. The number of hydrogen-bond acceptors (Lipinski definition) is 2. The molecule has 0 spiro atoms.